The third-order valence-electron chi connectivity index (χ3n) is 3.97. The molecule has 3 N–H and O–H groups in total. The normalized spacial score (nSPS) is 17.5. The largest absolute Gasteiger partial charge is 0.467 e. The van der Waals surface area contributed by atoms with E-state index >= 15 is 0 Å². The first-order valence-corrected chi connectivity index (χ1v) is 8.39. The Morgan fingerprint density at radius 2 is 1.92 bits per heavy atom. The maximum absolute atomic E-state index is 12.3. The fourth-order valence-electron chi connectivity index (χ4n) is 2.72. The zero-order valence-corrected chi connectivity index (χ0v) is 15.0. The number of carbonyl (C=O) groups excluding carboxylic acids is 4. The van der Waals surface area contributed by atoms with E-state index in [-0.39, 0.29) is 12.3 Å². The van der Waals surface area contributed by atoms with E-state index in [9.17, 15) is 19.2 Å². The molecular formula is C18H23N3O5. The van der Waals surface area contributed by atoms with Gasteiger partial charge in [-0.3, -0.25) is 14.4 Å². The van der Waals surface area contributed by atoms with E-state index in [0.29, 0.717) is 17.7 Å². The van der Waals surface area contributed by atoms with Crippen molar-refractivity contribution < 1.29 is 23.9 Å². The van der Waals surface area contributed by atoms with Gasteiger partial charge in [-0.2, -0.15) is 0 Å². The smallest absolute Gasteiger partial charge is 0.328 e. The molecule has 0 aromatic heterocycles. The minimum atomic E-state index is -1.03. The number of amides is 3. The van der Waals surface area contributed by atoms with E-state index < -0.39 is 35.8 Å². The van der Waals surface area contributed by atoms with Crippen molar-refractivity contribution in [2.45, 2.75) is 38.8 Å². The minimum Gasteiger partial charge on any atom is -0.467 e. The highest BCUT2D eigenvalue weighted by Gasteiger charge is 2.31. The Bertz CT molecular complexity index is 717. The van der Waals surface area contributed by atoms with Crippen LogP contribution in [0.25, 0.3) is 0 Å². The SMILES string of the molecule is COC(=O)[C@H](CC(C)C)NC(=O)C[C@@H]1NC(=O)c2ccccc2NC1=O. The molecule has 26 heavy (non-hydrogen) atoms. The molecule has 2 atom stereocenters. The van der Waals surface area contributed by atoms with Crippen LogP contribution in [-0.4, -0.2) is 42.9 Å². The Hall–Kier alpha value is -2.90. The van der Waals surface area contributed by atoms with Crippen molar-refractivity contribution >= 4 is 29.4 Å². The minimum absolute atomic E-state index is 0.162. The molecule has 0 saturated carbocycles. The van der Waals surface area contributed by atoms with Gasteiger partial charge in [0, 0.05) is 0 Å². The number of rotatable bonds is 6. The Labute approximate surface area is 151 Å². The molecule has 0 saturated heterocycles. The quantitative estimate of drug-likeness (QED) is 0.650. The van der Waals surface area contributed by atoms with Crippen LogP contribution in [0.3, 0.4) is 0 Å². The van der Waals surface area contributed by atoms with Crippen LogP contribution in [-0.2, 0) is 19.1 Å². The van der Waals surface area contributed by atoms with Gasteiger partial charge in [0.1, 0.15) is 12.1 Å². The lowest BCUT2D eigenvalue weighted by Crippen LogP contribution is -2.48. The van der Waals surface area contributed by atoms with Crippen LogP contribution in [0, 0.1) is 5.92 Å². The van der Waals surface area contributed by atoms with Gasteiger partial charge in [-0.1, -0.05) is 26.0 Å². The fourth-order valence-corrected chi connectivity index (χ4v) is 2.72. The second-order valence-electron chi connectivity index (χ2n) is 6.54. The number of hydrogen-bond acceptors (Lipinski definition) is 5. The Morgan fingerprint density at radius 1 is 1.23 bits per heavy atom. The van der Waals surface area contributed by atoms with Crippen molar-refractivity contribution in [1.29, 1.82) is 0 Å². The van der Waals surface area contributed by atoms with Gasteiger partial charge in [-0.25, -0.2) is 4.79 Å². The Kier molecular flexibility index (Phi) is 6.32. The first kappa shape index (κ1) is 19.4. The molecular weight excluding hydrogens is 338 g/mol. The summed E-state index contributed by atoms with van der Waals surface area (Å²) in [6.07, 6.45) is 0.129. The lowest BCUT2D eigenvalue weighted by molar-refractivity contribution is -0.145. The summed E-state index contributed by atoms with van der Waals surface area (Å²) in [7, 11) is 1.25. The van der Waals surface area contributed by atoms with Crippen molar-refractivity contribution in [2.75, 3.05) is 12.4 Å². The molecule has 140 valence electrons. The van der Waals surface area contributed by atoms with Gasteiger partial charge >= 0.3 is 5.97 Å². The first-order valence-electron chi connectivity index (χ1n) is 8.39. The predicted molar refractivity (Wildman–Crippen MR) is 94.3 cm³/mol. The highest BCUT2D eigenvalue weighted by Crippen LogP contribution is 2.18. The summed E-state index contributed by atoms with van der Waals surface area (Å²) in [5.74, 6) is -1.84. The first-order chi connectivity index (χ1) is 12.3. The summed E-state index contributed by atoms with van der Waals surface area (Å²) >= 11 is 0. The Morgan fingerprint density at radius 3 is 2.58 bits per heavy atom. The third-order valence-corrected chi connectivity index (χ3v) is 3.97. The maximum atomic E-state index is 12.3. The predicted octanol–water partition coefficient (Wildman–Crippen LogP) is 0.831. The van der Waals surface area contributed by atoms with Crippen LogP contribution < -0.4 is 16.0 Å². The van der Waals surface area contributed by atoms with Crippen LogP contribution in [0.5, 0.6) is 0 Å². The van der Waals surface area contributed by atoms with E-state index in [1.54, 1.807) is 24.3 Å². The molecule has 1 aliphatic heterocycles. The van der Waals surface area contributed by atoms with E-state index in [1.165, 1.54) is 7.11 Å². The van der Waals surface area contributed by atoms with Crippen molar-refractivity contribution in [3.8, 4) is 0 Å². The zero-order valence-electron chi connectivity index (χ0n) is 15.0. The van der Waals surface area contributed by atoms with Gasteiger partial charge in [0.25, 0.3) is 5.91 Å². The van der Waals surface area contributed by atoms with Crippen molar-refractivity contribution in [3.05, 3.63) is 29.8 Å². The van der Waals surface area contributed by atoms with Gasteiger partial charge in [0.2, 0.25) is 11.8 Å². The topological polar surface area (TPSA) is 114 Å². The molecule has 0 fully saturated rings. The highest BCUT2D eigenvalue weighted by molar-refractivity contribution is 6.10. The van der Waals surface area contributed by atoms with Crippen LogP contribution >= 0.6 is 0 Å². The summed E-state index contributed by atoms with van der Waals surface area (Å²) in [4.78, 5) is 48.7. The van der Waals surface area contributed by atoms with Gasteiger partial charge in [0.05, 0.1) is 24.8 Å². The maximum Gasteiger partial charge on any atom is 0.328 e. The summed E-state index contributed by atoms with van der Waals surface area (Å²) in [6, 6.07) is 4.76. The van der Waals surface area contributed by atoms with E-state index in [2.05, 4.69) is 16.0 Å². The van der Waals surface area contributed by atoms with Gasteiger partial charge in [0.15, 0.2) is 0 Å². The molecule has 1 aliphatic rings. The summed E-state index contributed by atoms with van der Waals surface area (Å²) < 4.78 is 4.70. The highest BCUT2D eigenvalue weighted by atomic mass is 16.5. The second kappa shape index (κ2) is 8.46. The number of fused-ring (bicyclic) bond motifs is 1. The molecule has 1 heterocycles. The number of anilines is 1. The van der Waals surface area contributed by atoms with Gasteiger partial charge in [-0.15, -0.1) is 0 Å². The lowest BCUT2D eigenvalue weighted by Gasteiger charge is -2.20. The second-order valence-corrected chi connectivity index (χ2v) is 6.54. The summed E-state index contributed by atoms with van der Waals surface area (Å²) in [5, 5.41) is 7.76. The van der Waals surface area contributed by atoms with Crippen LogP contribution in [0.1, 0.15) is 37.0 Å². The molecule has 3 amide bonds. The average molecular weight is 361 g/mol. The molecule has 1 aromatic rings. The number of para-hydroxylation sites is 1. The lowest BCUT2D eigenvalue weighted by atomic mass is 10.0. The third kappa shape index (κ3) is 4.81. The number of carbonyl (C=O) groups is 4. The zero-order chi connectivity index (χ0) is 19.3. The molecule has 8 nitrogen and oxygen atoms in total. The molecule has 0 spiro atoms. The molecule has 1 aromatic carbocycles. The number of esters is 1. The molecule has 0 unspecified atom stereocenters. The number of benzene rings is 1. The number of methoxy groups -OCH3 is 1. The van der Waals surface area contributed by atoms with E-state index in [1.807, 2.05) is 13.8 Å². The number of nitrogens with one attached hydrogen (secondary N) is 3. The van der Waals surface area contributed by atoms with E-state index in [0.717, 1.165) is 0 Å². The van der Waals surface area contributed by atoms with Crippen LogP contribution in [0.4, 0.5) is 5.69 Å². The number of hydrogen-bond donors (Lipinski definition) is 3. The van der Waals surface area contributed by atoms with Crippen molar-refractivity contribution in [1.82, 2.24) is 10.6 Å². The van der Waals surface area contributed by atoms with Crippen molar-refractivity contribution in [2.24, 2.45) is 5.92 Å². The molecule has 0 bridgehead atoms. The monoisotopic (exact) mass is 361 g/mol. The Balaban J connectivity index is 2.05. The van der Waals surface area contributed by atoms with Crippen LogP contribution in [0.2, 0.25) is 0 Å². The van der Waals surface area contributed by atoms with Gasteiger partial charge in [-0.05, 0) is 24.5 Å². The summed E-state index contributed by atoms with van der Waals surface area (Å²) in [6.45, 7) is 3.83. The molecule has 2 rings (SSSR count). The van der Waals surface area contributed by atoms with Gasteiger partial charge < -0.3 is 20.7 Å². The molecule has 0 radical (unpaired) electrons. The molecule has 8 heteroatoms. The fraction of sp³-hybridized carbons (Fsp3) is 0.444. The van der Waals surface area contributed by atoms with E-state index in [4.69, 9.17) is 4.74 Å². The van der Waals surface area contributed by atoms with Crippen LogP contribution in [0.15, 0.2) is 24.3 Å². The average Bonchev–Trinajstić information content (AvgIpc) is 2.70. The number of ether oxygens (including phenoxy) is 1. The molecule has 0 aliphatic carbocycles. The van der Waals surface area contributed by atoms with Crippen molar-refractivity contribution in [3.63, 3.8) is 0 Å². The summed E-state index contributed by atoms with van der Waals surface area (Å²) in [5.41, 5.74) is 0.723. The standard InChI is InChI=1S/C18H23N3O5/c1-10(2)8-14(18(25)26-3)19-15(22)9-13-17(24)20-12-7-5-4-6-11(12)16(23)21-13/h4-7,10,13-14H,8-9H2,1-3H3,(H,19,22)(H,20,24)(H,21,23)/t13-,14-/m0/s1.